The smallest absolute Gasteiger partial charge is 0.243 e. The fraction of sp³-hybridized carbons (Fsp3) is 0.500. The summed E-state index contributed by atoms with van der Waals surface area (Å²) in [5.74, 6) is 0. The van der Waals surface area contributed by atoms with Crippen LogP contribution in [0.1, 0.15) is 24.0 Å². The van der Waals surface area contributed by atoms with E-state index in [2.05, 4.69) is 5.32 Å². The van der Waals surface area contributed by atoms with E-state index in [1.165, 1.54) is 10.4 Å². The number of sulfonamides is 1. The fourth-order valence-electron chi connectivity index (χ4n) is 2.54. The van der Waals surface area contributed by atoms with Gasteiger partial charge in [0.25, 0.3) is 0 Å². The number of likely N-dealkylation sites (N-methyl/N-ethyl adjacent to an activating group) is 1. The van der Waals surface area contributed by atoms with Gasteiger partial charge in [-0.15, -0.1) is 12.4 Å². The first-order valence-corrected chi connectivity index (χ1v) is 8.11. The van der Waals surface area contributed by atoms with E-state index < -0.39 is 10.0 Å². The molecule has 1 aromatic carbocycles. The van der Waals surface area contributed by atoms with Crippen molar-refractivity contribution >= 4 is 22.4 Å². The van der Waals surface area contributed by atoms with E-state index in [0.717, 1.165) is 12.8 Å². The summed E-state index contributed by atoms with van der Waals surface area (Å²) in [7, 11) is -1.62. The van der Waals surface area contributed by atoms with Crippen LogP contribution in [0, 0.1) is 18.3 Å². The minimum atomic E-state index is -3.48. The average molecular weight is 330 g/mol. The Labute approximate surface area is 132 Å². The number of hydrogen-bond donors (Lipinski definition) is 1. The van der Waals surface area contributed by atoms with E-state index >= 15 is 0 Å². The lowest BCUT2D eigenvalue weighted by molar-refractivity contribution is 0.292. The first-order chi connectivity index (χ1) is 9.48. The summed E-state index contributed by atoms with van der Waals surface area (Å²) >= 11 is 0. The van der Waals surface area contributed by atoms with Gasteiger partial charge in [0.1, 0.15) is 0 Å². The van der Waals surface area contributed by atoms with Crippen LogP contribution in [0.25, 0.3) is 0 Å². The summed E-state index contributed by atoms with van der Waals surface area (Å²) in [6, 6.07) is 6.94. The van der Waals surface area contributed by atoms with Crippen molar-refractivity contribution in [1.82, 2.24) is 9.62 Å². The van der Waals surface area contributed by atoms with Crippen molar-refractivity contribution in [3.05, 3.63) is 29.3 Å². The molecule has 0 aromatic heterocycles. The number of aryl methyl sites for hydroxylation is 1. The molecule has 5 nitrogen and oxygen atoms in total. The molecular formula is C14H20ClN3O2S. The van der Waals surface area contributed by atoms with Crippen LogP contribution in [-0.2, 0) is 10.0 Å². The Hall–Kier alpha value is -1.13. The number of nitriles is 1. The van der Waals surface area contributed by atoms with Crippen LogP contribution in [0.4, 0.5) is 0 Å². The Morgan fingerprint density at radius 1 is 1.43 bits per heavy atom. The van der Waals surface area contributed by atoms with E-state index in [1.807, 2.05) is 13.1 Å². The average Bonchev–Trinajstić information content (AvgIpc) is 2.46. The van der Waals surface area contributed by atoms with Crippen LogP contribution in [0.15, 0.2) is 23.1 Å². The standard InChI is InChI=1S/C14H19N3O2S.ClH/c1-11-8-12(9-15)5-6-14(11)20(18,19)17-7-3-4-13(10-17)16-2;/h5-6,8,13,16H,3-4,7,10H2,1-2H3;1H. The number of halogens is 1. The molecule has 0 aliphatic carbocycles. The van der Waals surface area contributed by atoms with Gasteiger partial charge in [0, 0.05) is 19.1 Å². The summed E-state index contributed by atoms with van der Waals surface area (Å²) in [5, 5.41) is 12.0. The predicted molar refractivity (Wildman–Crippen MR) is 84.0 cm³/mol. The van der Waals surface area contributed by atoms with Gasteiger partial charge in [-0.25, -0.2) is 8.42 Å². The zero-order valence-electron chi connectivity index (χ0n) is 12.2. The van der Waals surface area contributed by atoms with E-state index in [0.29, 0.717) is 29.1 Å². The van der Waals surface area contributed by atoms with E-state index in [4.69, 9.17) is 5.26 Å². The lowest BCUT2D eigenvalue weighted by Gasteiger charge is -2.32. The third kappa shape index (κ3) is 3.74. The summed E-state index contributed by atoms with van der Waals surface area (Å²) in [6.07, 6.45) is 1.86. The third-order valence-electron chi connectivity index (χ3n) is 3.71. The number of benzene rings is 1. The van der Waals surface area contributed by atoms with Crippen LogP contribution in [0.5, 0.6) is 0 Å². The normalized spacial score (nSPS) is 19.6. The molecule has 1 aliphatic heterocycles. The van der Waals surface area contributed by atoms with Crippen LogP contribution >= 0.6 is 12.4 Å². The molecule has 0 amide bonds. The van der Waals surface area contributed by atoms with Gasteiger partial charge in [0.15, 0.2) is 0 Å². The van der Waals surface area contributed by atoms with Crippen molar-refractivity contribution in [3.8, 4) is 6.07 Å². The highest BCUT2D eigenvalue weighted by Gasteiger charge is 2.30. The zero-order valence-corrected chi connectivity index (χ0v) is 13.8. The molecular weight excluding hydrogens is 310 g/mol. The molecule has 1 aliphatic rings. The first-order valence-electron chi connectivity index (χ1n) is 6.67. The van der Waals surface area contributed by atoms with Crippen molar-refractivity contribution in [1.29, 1.82) is 5.26 Å². The molecule has 116 valence electrons. The fourth-order valence-corrected chi connectivity index (χ4v) is 4.27. The molecule has 0 saturated carbocycles. The van der Waals surface area contributed by atoms with Crippen molar-refractivity contribution in [3.63, 3.8) is 0 Å². The molecule has 1 fully saturated rings. The Morgan fingerprint density at radius 3 is 2.71 bits per heavy atom. The molecule has 7 heteroatoms. The lowest BCUT2D eigenvalue weighted by Crippen LogP contribution is -2.46. The minimum absolute atomic E-state index is 0. The monoisotopic (exact) mass is 329 g/mol. The van der Waals surface area contributed by atoms with Gasteiger partial charge in [-0.05, 0) is 50.6 Å². The largest absolute Gasteiger partial charge is 0.316 e. The maximum atomic E-state index is 12.7. The summed E-state index contributed by atoms with van der Waals surface area (Å²) in [5.41, 5.74) is 1.10. The number of hydrogen-bond acceptors (Lipinski definition) is 4. The van der Waals surface area contributed by atoms with Crippen molar-refractivity contribution in [2.75, 3.05) is 20.1 Å². The number of rotatable bonds is 3. The minimum Gasteiger partial charge on any atom is -0.316 e. The van der Waals surface area contributed by atoms with Gasteiger partial charge < -0.3 is 5.32 Å². The molecule has 1 unspecified atom stereocenters. The SMILES string of the molecule is CNC1CCCN(S(=O)(=O)c2ccc(C#N)cc2C)C1.Cl. The Bertz CT molecular complexity index is 640. The third-order valence-corrected chi connectivity index (χ3v) is 5.74. The second kappa shape index (κ2) is 7.23. The van der Waals surface area contributed by atoms with Crippen LogP contribution in [0.2, 0.25) is 0 Å². The number of nitrogens with zero attached hydrogens (tertiary/aromatic N) is 2. The second-order valence-corrected chi connectivity index (χ2v) is 6.99. The zero-order chi connectivity index (χ0) is 14.8. The van der Waals surface area contributed by atoms with Crippen LogP contribution in [-0.4, -0.2) is 38.9 Å². The highest BCUT2D eigenvalue weighted by Crippen LogP contribution is 2.24. The molecule has 0 radical (unpaired) electrons. The summed E-state index contributed by atoms with van der Waals surface area (Å²) in [6.45, 7) is 2.78. The summed E-state index contributed by atoms with van der Waals surface area (Å²) < 4.78 is 26.9. The maximum absolute atomic E-state index is 12.7. The molecule has 21 heavy (non-hydrogen) atoms. The molecule has 1 aromatic rings. The van der Waals surface area contributed by atoms with Gasteiger partial charge in [-0.3, -0.25) is 0 Å². The van der Waals surface area contributed by atoms with E-state index in [-0.39, 0.29) is 18.4 Å². The summed E-state index contributed by atoms with van der Waals surface area (Å²) in [4.78, 5) is 0.299. The van der Waals surface area contributed by atoms with Gasteiger partial charge in [0.05, 0.1) is 16.5 Å². The van der Waals surface area contributed by atoms with Gasteiger partial charge in [-0.1, -0.05) is 0 Å². The van der Waals surface area contributed by atoms with Crippen molar-refractivity contribution in [2.45, 2.75) is 30.7 Å². The second-order valence-electron chi connectivity index (χ2n) is 5.08. The molecule has 2 rings (SSSR count). The van der Waals surface area contributed by atoms with Crippen LogP contribution in [0.3, 0.4) is 0 Å². The number of nitrogens with one attached hydrogen (secondary N) is 1. The van der Waals surface area contributed by atoms with Crippen LogP contribution < -0.4 is 5.32 Å². The molecule has 1 heterocycles. The molecule has 0 spiro atoms. The Kier molecular flexibility index (Phi) is 6.17. The van der Waals surface area contributed by atoms with E-state index in [1.54, 1.807) is 19.1 Å². The quantitative estimate of drug-likeness (QED) is 0.915. The molecule has 1 saturated heterocycles. The number of piperidine rings is 1. The van der Waals surface area contributed by atoms with Crippen molar-refractivity contribution < 1.29 is 8.42 Å². The van der Waals surface area contributed by atoms with E-state index in [9.17, 15) is 8.42 Å². The van der Waals surface area contributed by atoms with Gasteiger partial charge >= 0.3 is 0 Å². The highest BCUT2D eigenvalue weighted by molar-refractivity contribution is 7.89. The predicted octanol–water partition coefficient (Wildman–Crippen LogP) is 1.66. The Morgan fingerprint density at radius 2 is 2.14 bits per heavy atom. The van der Waals surface area contributed by atoms with Gasteiger partial charge in [0.2, 0.25) is 10.0 Å². The van der Waals surface area contributed by atoms with Gasteiger partial charge in [-0.2, -0.15) is 9.57 Å². The molecule has 0 bridgehead atoms. The first kappa shape index (κ1) is 17.9. The van der Waals surface area contributed by atoms with Crippen molar-refractivity contribution in [2.24, 2.45) is 0 Å². The Balaban J connectivity index is 0.00000220. The molecule has 1 N–H and O–H groups in total. The molecule has 1 atom stereocenters. The topological polar surface area (TPSA) is 73.2 Å². The maximum Gasteiger partial charge on any atom is 0.243 e. The highest BCUT2D eigenvalue weighted by atomic mass is 35.5. The lowest BCUT2D eigenvalue weighted by atomic mass is 10.1.